The van der Waals surface area contributed by atoms with E-state index in [1.54, 1.807) is 12.1 Å². The van der Waals surface area contributed by atoms with Crippen molar-refractivity contribution in [3.05, 3.63) is 29.8 Å². The average molecular weight is 310 g/mol. The predicted octanol–water partition coefficient (Wildman–Crippen LogP) is 1.30. The highest BCUT2D eigenvalue weighted by molar-refractivity contribution is 7.90. The van der Waals surface area contributed by atoms with Crippen LogP contribution in [0.5, 0.6) is 0 Å². The molecule has 1 aliphatic rings. The second kappa shape index (κ2) is 6.58. The van der Waals surface area contributed by atoms with E-state index in [9.17, 15) is 13.2 Å². The smallest absolute Gasteiger partial charge is 0.253 e. The third-order valence-electron chi connectivity index (χ3n) is 3.73. The summed E-state index contributed by atoms with van der Waals surface area (Å²) in [6, 6.07) is 6.52. The molecule has 0 bridgehead atoms. The van der Waals surface area contributed by atoms with Gasteiger partial charge in [-0.25, -0.2) is 8.42 Å². The molecule has 0 spiro atoms. The minimum Gasteiger partial charge on any atom is -0.337 e. The van der Waals surface area contributed by atoms with Crippen LogP contribution in [0.25, 0.3) is 0 Å². The van der Waals surface area contributed by atoms with Crippen LogP contribution in [0.15, 0.2) is 29.2 Å². The number of benzene rings is 1. The minimum absolute atomic E-state index is 0.0299. The minimum atomic E-state index is -3.22. The Morgan fingerprint density at radius 1 is 1.33 bits per heavy atom. The molecule has 1 aromatic carbocycles. The van der Waals surface area contributed by atoms with E-state index in [2.05, 4.69) is 12.2 Å². The summed E-state index contributed by atoms with van der Waals surface area (Å²) in [6.07, 6.45) is 3.24. The highest BCUT2D eigenvalue weighted by atomic mass is 32.2. The van der Waals surface area contributed by atoms with Gasteiger partial charge in [-0.05, 0) is 43.7 Å². The van der Waals surface area contributed by atoms with Gasteiger partial charge in [-0.1, -0.05) is 6.92 Å². The number of piperidine rings is 1. The number of carbonyl (C=O) groups excluding carboxylic acids is 1. The summed E-state index contributed by atoms with van der Waals surface area (Å²) in [5.41, 5.74) is 0.541. The summed E-state index contributed by atoms with van der Waals surface area (Å²) in [5.74, 6) is -0.0299. The maximum Gasteiger partial charge on any atom is 0.253 e. The van der Waals surface area contributed by atoms with Crippen LogP contribution in [0, 0.1) is 0 Å². The average Bonchev–Trinajstić information content (AvgIpc) is 2.46. The third-order valence-corrected chi connectivity index (χ3v) is 4.86. The molecule has 21 heavy (non-hydrogen) atoms. The van der Waals surface area contributed by atoms with Crippen LogP contribution >= 0.6 is 0 Å². The van der Waals surface area contributed by atoms with Crippen molar-refractivity contribution in [2.24, 2.45) is 0 Å². The molecule has 6 heteroatoms. The molecule has 1 fully saturated rings. The number of nitrogens with one attached hydrogen (secondary N) is 1. The van der Waals surface area contributed by atoms with E-state index in [0.29, 0.717) is 18.2 Å². The van der Waals surface area contributed by atoms with E-state index in [1.165, 1.54) is 12.1 Å². The van der Waals surface area contributed by atoms with Gasteiger partial charge in [-0.3, -0.25) is 4.79 Å². The number of carbonyl (C=O) groups is 1. The van der Waals surface area contributed by atoms with Crippen molar-refractivity contribution in [1.82, 2.24) is 10.2 Å². The summed E-state index contributed by atoms with van der Waals surface area (Å²) in [5, 5.41) is 3.38. The molecule has 1 heterocycles. The van der Waals surface area contributed by atoms with Crippen LogP contribution < -0.4 is 5.32 Å². The monoisotopic (exact) mass is 310 g/mol. The first kappa shape index (κ1) is 16.0. The molecule has 5 nitrogen and oxygen atoms in total. The third kappa shape index (κ3) is 4.04. The van der Waals surface area contributed by atoms with E-state index in [-0.39, 0.29) is 10.8 Å². The number of likely N-dealkylation sites (N-methyl/N-ethyl adjacent to an activating group) is 1. The van der Waals surface area contributed by atoms with Gasteiger partial charge in [-0.15, -0.1) is 0 Å². The molecule has 0 aliphatic carbocycles. The van der Waals surface area contributed by atoms with Gasteiger partial charge in [0.05, 0.1) is 4.90 Å². The standard InChI is InChI=1S/C15H22N2O3S/c1-3-16-13-5-4-10-17(11-13)15(18)12-6-8-14(9-7-12)21(2,19)20/h6-9,13,16H,3-5,10-11H2,1-2H3. The summed E-state index contributed by atoms with van der Waals surface area (Å²) < 4.78 is 22.9. The molecule has 1 saturated heterocycles. The molecule has 1 amide bonds. The van der Waals surface area contributed by atoms with Gasteiger partial charge in [0.15, 0.2) is 9.84 Å². The Hall–Kier alpha value is -1.40. The van der Waals surface area contributed by atoms with Crippen molar-refractivity contribution in [2.45, 2.75) is 30.7 Å². The maximum atomic E-state index is 12.5. The molecule has 1 N–H and O–H groups in total. The lowest BCUT2D eigenvalue weighted by Gasteiger charge is -2.33. The Bertz CT molecular complexity index is 594. The zero-order valence-corrected chi connectivity index (χ0v) is 13.3. The Morgan fingerprint density at radius 3 is 2.57 bits per heavy atom. The van der Waals surface area contributed by atoms with Crippen LogP contribution in [-0.2, 0) is 9.84 Å². The van der Waals surface area contributed by atoms with Gasteiger partial charge in [0.25, 0.3) is 5.91 Å². The van der Waals surface area contributed by atoms with Crippen LogP contribution in [0.2, 0.25) is 0 Å². The Morgan fingerprint density at radius 2 is 2.00 bits per heavy atom. The SMILES string of the molecule is CCNC1CCCN(C(=O)c2ccc(S(C)(=O)=O)cc2)C1. The molecular weight excluding hydrogens is 288 g/mol. The number of hydrogen-bond donors (Lipinski definition) is 1. The molecule has 1 atom stereocenters. The highest BCUT2D eigenvalue weighted by Gasteiger charge is 2.24. The fourth-order valence-corrected chi connectivity index (χ4v) is 3.27. The fourth-order valence-electron chi connectivity index (χ4n) is 2.64. The molecule has 116 valence electrons. The van der Waals surface area contributed by atoms with Crippen molar-refractivity contribution < 1.29 is 13.2 Å². The van der Waals surface area contributed by atoms with Crippen molar-refractivity contribution in [3.8, 4) is 0 Å². The Labute approximate surface area is 126 Å². The first-order valence-corrected chi connectivity index (χ1v) is 9.13. The van der Waals surface area contributed by atoms with Crippen LogP contribution in [-0.4, -0.2) is 51.2 Å². The van der Waals surface area contributed by atoms with Gasteiger partial charge < -0.3 is 10.2 Å². The summed E-state index contributed by atoms with van der Waals surface area (Å²) in [4.78, 5) is 14.5. The second-order valence-electron chi connectivity index (χ2n) is 5.44. The van der Waals surface area contributed by atoms with Gasteiger partial charge in [-0.2, -0.15) is 0 Å². The first-order chi connectivity index (χ1) is 9.91. The molecular formula is C15H22N2O3S. The lowest BCUT2D eigenvalue weighted by atomic mass is 10.0. The molecule has 0 saturated carbocycles. The zero-order valence-electron chi connectivity index (χ0n) is 12.5. The largest absolute Gasteiger partial charge is 0.337 e. The first-order valence-electron chi connectivity index (χ1n) is 7.24. The maximum absolute atomic E-state index is 12.5. The molecule has 2 rings (SSSR count). The summed E-state index contributed by atoms with van der Waals surface area (Å²) in [6.45, 7) is 4.43. The predicted molar refractivity (Wildman–Crippen MR) is 82.2 cm³/mol. The summed E-state index contributed by atoms with van der Waals surface area (Å²) in [7, 11) is -3.22. The van der Waals surface area contributed by atoms with Crippen molar-refractivity contribution in [2.75, 3.05) is 25.9 Å². The summed E-state index contributed by atoms with van der Waals surface area (Å²) >= 11 is 0. The van der Waals surface area contributed by atoms with E-state index in [1.807, 2.05) is 4.90 Å². The normalized spacial score (nSPS) is 19.5. The lowest BCUT2D eigenvalue weighted by Crippen LogP contribution is -2.47. The molecule has 1 aliphatic heterocycles. The van der Waals surface area contributed by atoms with Crippen molar-refractivity contribution >= 4 is 15.7 Å². The number of likely N-dealkylation sites (tertiary alicyclic amines) is 1. The molecule has 1 unspecified atom stereocenters. The number of sulfone groups is 1. The van der Waals surface area contributed by atoms with Crippen molar-refractivity contribution in [3.63, 3.8) is 0 Å². The van der Waals surface area contributed by atoms with Crippen molar-refractivity contribution in [1.29, 1.82) is 0 Å². The highest BCUT2D eigenvalue weighted by Crippen LogP contribution is 2.16. The quantitative estimate of drug-likeness (QED) is 0.910. The van der Waals surface area contributed by atoms with Gasteiger partial charge >= 0.3 is 0 Å². The fraction of sp³-hybridized carbons (Fsp3) is 0.533. The molecule has 0 aromatic heterocycles. The van der Waals surface area contributed by atoms with Gasteiger partial charge in [0, 0.05) is 31.0 Å². The van der Waals surface area contributed by atoms with E-state index in [0.717, 1.165) is 32.2 Å². The Balaban J connectivity index is 2.09. The van der Waals surface area contributed by atoms with Crippen LogP contribution in [0.1, 0.15) is 30.1 Å². The topological polar surface area (TPSA) is 66.5 Å². The number of amides is 1. The Kier molecular flexibility index (Phi) is 5.00. The number of hydrogen-bond acceptors (Lipinski definition) is 4. The molecule has 1 aromatic rings. The van der Waals surface area contributed by atoms with Gasteiger partial charge in [0.1, 0.15) is 0 Å². The zero-order chi connectivity index (χ0) is 15.5. The molecule has 0 radical (unpaired) electrons. The van der Waals surface area contributed by atoms with E-state index < -0.39 is 9.84 Å². The van der Waals surface area contributed by atoms with E-state index >= 15 is 0 Å². The van der Waals surface area contributed by atoms with E-state index in [4.69, 9.17) is 0 Å². The number of nitrogens with zero attached hydrogens (tertiary/aromatic N) is 1. The van der Waals surface area contributed by atoms with Gasteiger partial charge in [0.2, 0.25) is 0 Å². The van der Waals surface area contributed by atoms with Crippen LogP contribution in [0.4, 0.5) is 0 Å². The lowest BCUT2D eigenvalue weighted by molar-refractivity contribution is 0.0695. The number of rotatable bonds is 4. The second-order valence-corrected chi connectivity index (χ2v) is 7.46. The van der Waals surface area contributed by atoms with Crippen LogP contribution in [0.3, 0.4) is 0 Å².